The average molecular weight is 235 g/mol. The fourth-order valence-electron chi connectivity index (χ4n) is 2.15. The molecule has 1 saturated heterocycles. The highest BCUT2D eigenvalue weighted by molar-refractivity contribution is 5.28. The van der Waals surface area contributed by atoms with Crippen molar-refractivity contribution in [3.8, 4) is 5.88 Å². The van der Waals surface area contributed by atoms with Gasteiger partial charge in [-0.2, -0.15) is 0 Å². The molecule has 0 saturated carbocycles. The van der Waals surface area contributed by atoms with Crippen LogP contribution in [0.25, 0.3) is 0 Å². The first kappa shape index (κ1) is 12.3. The number of ether oxygens (including phenoxy) is 1. The van der Waals surface area contributed by atoms with E-state index in [2.05, 4.69) is 9.88 Å². The number of likely N-dealkylation sites (tertiary alicyclic amines) is 1. The van der Waals surface area contributed by atoms with Gasteiger partial charge in [0.1, 0.15) is 6.61 Å². The molecule has 4 heteroatoms. The van der Waals surface area contributed by atoms with Gasteiger partial charge >= 0.3 is 0 Å². The molecule has 94 valence electrons. The zero-order chi connectivity index (χ0) is 12.1. The molecule has 1 atom stereocenters. The lowest BCUT2D eigenvalue weighted by Crippen LogP contribution is -2.25. The van der Waals surface area contributed by atoms with Crippen molar-refractivity contribution in [2.24, 2.45) is 5.73 Å². The first-order chi connectivity index (χ1) is 8.27. The van der Waals surface area contributed by atoms with Gasteiger partial charge < -0.3 is 10.5 Å². The maximum atomic E-state index is 5.88. The Labute approximate surface area is 103 Å². The van der Waals surface area contributed by atoms with E-state index in [1.807, 2.05) is 19.1 Å². The molecule has 1 aliphatic rings. The van der Waals surface area contributed by atoms with E-state index in [4.69, 9.17) is 10.5 Å². The highest BCUT2D eigenvalue weighted by Crippen LogP contribution is 2.20. The van der Waals surface area contributed by atoms with Crippen LogP contribution < -0.4 is 10.5 Å². The van der Waals surface area contributed by atoms with Crippen LogP contribution >= 0.6 is 0 Å². The van der Waals surface area contributed by atoms with Crippen molar-refractivity contribution in [2.45, 2.75) is 25.8 Å². The lowest BCUT2D eigenvalue weighted by molar-refractivity contribution is 0.229. The molecule has 0 aromatic carbocycles. The largest absolute Gasteiger partial charge is 0.476 e. The van der Waals surface area contributed by atoms with E-state index >= 15 is 0 Å². The zero-order valence-corrected chi connectivity index (χ0v) is 10.4. The van der Waals surface area contributed by atoms with E-state index in [1.165, 1.54) is 25.9 Å². The number of rotatable bonds is 5. The summed E-state index contributed by atoms with van der Waals surface area (Å²) in [6.07, 6.45) is 4.38. The maximum Gasteiger partial charge on any atom is 0.218 e. The average Bonchev–Trinajstić information content (AvgIpc) is 2.82. The Morgan fingerprint density at radius 2 is 2.24 bits per heavy atom. The minimum Gasteiger partial charge on any atom is -0.476 e. The van der Waals surface area contributed by atoms with Gasteiger partial charge in [0.05, 0.1) is 0 Å². The van der Waals surface area contributed by atoms with Gasteiger partial charge in [-0.05, 0) is 38.9 Å². The molecule has 0 amide bonds. The summed E-state index contributed by atoms with van der Waals surface area (Å²) in [7, 11) is 0. The first-order valence-electron chi connectivity index (χ1n) is 6.33. The van der Waals surface area contributed by atoms with E-state index in [9.17, 15) is 0 Å². The first-order valence-corrected chi connectivity index (χ1v) is 6.33. The van der Waals surface area contributed by atoms with Gasteiger partial charge in [0.2, 0.25) is 5.88 Å². The smallest absolute Gasteiger partial charge is 0.218 e. The van der Waals surface area contributed by atoms with Crippen LogP contribution in [0.2, 0.25) is 0 Å². The monoisotopic (exact) mass is 235 g/mol. The Morgan fingerprint density at radius 1 is 1.47 bits per heavy atom. The standard InChI is InChI=1S/C13H21N3O/c1-11(14)12-5-4-6-15-13(12)17-10-9-16-7-2-3-8-16/h4-6,11H,2-3,7-10,14H2,1H3. The highest BCUT2D eigenvalue weighted by atomic mass is 16.5. The SMILES string of the molecule is CC(N)c1cccnc1OCCN1CCCC1. The van der Waals surface area contributed by atoms with Crippen molar-refractivity contribution < 1.29 is 4.74 Å². The zero-order valence-electron chi connectivity index (χ0n) is 10.4. The molecule has 1 aromatic heterocycles. The summed E-state index contributed by atoms with van der Waals surface area (Å²) in [5.74, 6) is 0.682. The van der Waals surface area contributed by atoms with Gasteiger partial charge in [-0.25, -0.2) is 4.98 Å². The number of hydrogen-bond donors (Lipinski definition) is 1. The van der Waals surface area contributed by atoms with Crippen LogP contribution in [-0.4, -0.2) is 36.1 Å². The lowest BCUT2D eigenvalue weighted by Gasteiger charge is -2.16. The van der Waals surface area contributed by atoms with Crippen LogP contribution in [-0.2, 0) is 0 Å². The molecule has 0 radical (unpaired) electrons. The van der Waals surface area contributed by atoms with E-state index in [0.717, 1.165) is 12.1 Å². The van der Waals surface area contributed by atoms with Crippen molar-refractivity contribution in [3.63, 3.8) is 0 Å². The summed E-state index contributed by atoms with van der Waals surface area (Å²) in [5.41, 5.74) is 6.86. The number of pyridine rings is 1. The van der Waals surface area contributed by atoms with E-state index in [1.54, 1.807) is 6.20 Å². The Kier molecular flexibility index (Phi) is 4.34. The van der Waals surface area contributed by atoms with E-state index < -0.39 is 0 Å². The quantitative estimate of drug-likeness (QED) is 0.841. The van der Waals surface area contributed by atoms with E-state index in [-0.39, 0.29) is 6.04 Å². The molecule has 1 unspecified atom stereocenters. The fraction of sp³-hybridized carbons (Fsp3) is 0.615. The number of aromatic nitrogens is 1. The van der Waals surface area contributed by atoms with Crippen LogP contribution in [0.15, 0.2) is 18.3 Å². The van der Waals surface area contributed by atoms with Gasteiger partial charge in [-0.15, -0.1) is 0 Å². The van der Waals surface area contributed by atoms with Gasteiger partial charge in [0, 0.05) is 24.3 Å². The minimum absolute atomic E-state index is 0.0366. The molecule has 4 nitrogen and oxygen atoms in total. The number of hydrogen-bond acceptors (Lipinski definition) is 4. The van der Waals surface area contributed by atoms with Crippen LogP contribution in [0.1, 0.15) is 31.4 Å². The van der Waals surface area contributed by atoms with Crippen molar-refractivity contribution in [1.29, 1.82) is 0 Å². The Hall–Kier alpha value is -1.13. The van der Waals surface area contributed by atoms with Crippen LogP contribution in [0.5, 0.6) is 5.88 Å². The normalized spacial score (nSPS) is 18.2. The van der Waals surface area contributed by atoms with Gasteiger partial charge in [0.15, 0.2) is 0 Å². The van der Waals surface area contributed by atoms with Crippen molar-refractivity contribution in [1.82, 2.24) is 9.88 Å². The third-order valence-electron chi connectivity index (χ3n) is 3.14. The summed E-state index contributed by atoms with van der Waals surface area (Å²) in [6.45, 7) is 6.02. The summed E-state index contributed by atoms with van der Waals surface area (Å²) in [6, 6.07) is 3.83. The second kappa shape index (κ2) is 5.98. The molecule has 17 heavy (non-hydrogen) atoms. The van der Waals surface area contributed by atoms with Crippen LogP contribution in [0.4, 0.5) is 0 Å². The Morgan fingerprint density at radius 3 is 2.94 bits per heavy atom. The summed E-state index contributed by atoms with van der Waals surface area (Å²) >= 11 is 0. The molecule has 1 aliphatic heterocycles. The van der Waals surface area contributed by atoms with Crippen LogP contribution in [0, 0.1) is 0 Å². The second-order valence-corrected chi connectivity index (χ2v) is 4.58. The highest BCUT2D eigenvalue weighted by Gasteiger charge is 2.12. The molecule has 2 N–H and O–H groups in total. The Bertz CT molecular complexity index is 348. The van der Waals surface area contributed by atoms with E-state index in [0.29, 0.717) is 12.5 Å². The molecular formula is C13H21N3O. The van der Waals surface area contributed by atoms with Crippen molar-refractivity contribution in [3.05, 3.63) is 23.9 Å². The topological polar surface area (TPSA) is 51.4 Å². The molecule has 0 bridgehead atoms. The molecule has 1 fully saturated rings. The van der Waals surface area contributed by atoms with Gasteiger partial charge in [0.25, 0.3) is 0 Å². The van der Waals surface area contributed by atoms with Crippen molar-refractivity contribution >= 4 is 0 Å². The Balaban J connectivity index is 1.85. The minimum atomic E-state index is -0.0366. The second-order valence-electron chi connectivity index (χ2n) is 4.58. The fourth-order valence-corrected chi connectivity index (χ4v) is 2.15. The lowest BCUT2D eigenvalue weighted by atomic mass is 10.1. The van der Waals surface area contributed by atoms with Gasteiger partial charge in [-0.1, -0.05) is 6.07 Å². The van der Waals surface area contributed by atoms with Crippen molar-refractivity contribution in [2.75, 3.05) is 26.2 Å². The third-order valence-corrected chi connectivity index (χ3v) is 3.14. The summed E-state index contributed by atoms with van der Waals surface area (Å²) < 4.78 is 5.73. The summed E-state index contributed by atoms with van der Waals surface area (Å²) in [4.78, 5) is 6.67. The molecule has 2 heterocycles. The van der Waals surface area contributed by atoms with Gasteiger partial charge in [-0.3, -0.25) is 4.90 Å². The number of nitrogens with two attached hydrogens (primary N) is 1. The van der Waals surface area contributed by atoms with Crippen LogP contribution in [0.3, 0.4) is 0 Å². The number of nitrogens with zero attached hydrogens (tertiary/aromatic N) is 2. The summed E-state index contributed by atoms with van der Waals surface area (Å²) in [5, 5.41) is 0. The molecule has 1 aromatic rings. The predicted octanol–water partition coefficient (Wildman–Crippen LogP) is 1.58. The molecule has 0 aliphatic carbocycles. The maximum absolute atomic E-state index is 5.88. The third kappa shape index (κ3) is 3.41. The molecular weight excluding hydrogens is 214 g/mol. The predicted molar refractivity (Wildman–Crippen MR) is 68.0 cm³/mol. The molecule has 2 rings (SSSR count). The molecule has 0 spiro atoms.